The maximum Gasteiger partial charge on any atom is 0.303 e. The minimum Gasteiger partial charge on any atom is -0.481 e. The Morgan fingerprint density at radius 2 is 1.79 bits per heavy atom. The van der Waals surface area contributed by atoms with Crippen LogP contribution in [0.25, 0.3) is 0 Å². The molecule has 0 aliphatic heterocycles. The van der Waals surface area contributed by atoms with Gasteiger partial charge in [0.2, 0.25) is 0 Å². The van der Waals surface area contributed by atoms with Gasteiger partial charge in [-0.25, -0.2) is 0 Å². The summed E-state index contributed by atoms with van der Waals surface area (Å²) in [6, 6.07) is 8.36. The number of rotatable bonds is 10. The molecule has 29 heavy (non-hydrogen) atoms. The van der Waals surface area contributed by atoms with Crippen LogP contribution in [0.2, 0.25) is 0 Å². The highest BCUT2D eigenvalue weighted by Crippen LogP contribution is 2.38. The first kappa shape index (κ1) is 21.5. The number of carbonyl (C=O) groups is 2. The van der Waals surface area contributed by atoms with E-state index < -0.39 is 12.1 Å². The van der Waals surface area contributed by atoms with Gasteiger partial charge in [0.15, 0.2) is 0 Å². The minimum absolute atomic E-state index is 0.0138. The summed E-state index contributed by atoms with van der Waals surface area (Å²) in [6.45, 7) is 4.10. The number of hydrogen-bond acceptors (Lipinski definition) is 3. The number of carboxylic acid groups (broad SMARTS) is 1. The van der Waals surface area contributed by atoms with Crippen LogP contribution >= 0.6 is 0 Å². The Morgan fingerprint density at radius 1 is 1.14 bits per heavy atom. The van der Waals surface area contributed by atoms with Gasteiger partial charge in [-0.3, -0.25) is 9.59 Å². The Balaban J connectivity index is 1.50. The van der Waals surface area contributed by atoms with Crippen LogP contribution in [-0.4, -0.2) is 28.1 Å². The summed E-state index contributed by atoms with van der Waals surface area (Å²) >= 11 is 0. The summed E-state index contributed by atoms with van der Waals surface area (Å²) in [4.78, 5) is 23.0. The molecule has 3 atom stereocenters. The van der Waals surface area contributed by atoms with Crippen molar-refractivity contribution in [3.8, 4) is 0 Å². The molecule has 0 aromatic heterocycles. The second-order valence-corrected chi connectivity index (χ2v) is 8.59. The molecule has 0 heterocycles. The molecular weight excluding hydrogens is 364 g/mol. The van der Waals surface area contributed by atoms with Crippen molar-refractivity contribution in [3.05, 3.63) is 59.7 Å². The number of allylic oxidation sites excluding steroid dienone is 2. The van der Waals surface area contributed by atoms with Crippen LogP contribution in [0.15, 0.2) is 48.6 Å². The van der Waals surface area contributed by atoms with Crippen molar-refractivity contribution in [2.75, 3.05) is 0 Å². The van der Waals surface area contributed by atoms with Crippen molar-refractivity contribution >= 4 is 11.8 Å². The van der Waals surface area contributed by atoms with Gasteiger partial charge in [0.1, 0.15) is 5.78 Å². The van der Waals surface area contributed by atoms with Crippen molar-refractivity contribution in [1.82, 2.24) is 0 Å². The number of aliphatic carboxylic acids is 1. The molecule has 156 valence electrons. The number of unbranched alkanes of at least 4 members (excludes halogenated alkanes) is 3. The third-order valence-corrected chi connectivity index (χ3v) is 6.46. The number of benzene rings is 1. The topological polar surface area (TPSA) is 74.6 Å². The number of carboxylic acids is 1. The molecule has 3 rings (SSSR count). The van der Waals surface area contributed by atoms with Gasteiger partial charge >= 0.3 is 5.97 Å². The Bertz CT molecular complexity index is 754. The summed E-state index contributed by atoms with van der Waals surface area (Å²) in [5, 5.41) is 19.4. The molecule has 1 fully saturated rings. The largest absolute Gasteiger partial charge is 0.481 e. The van der Waals surface area contributed by atoms with Gasteiger partial charge in [0.05, 0.1) is 6.10 Å². The first-order valence-corrected chi connectivity index (χ1v) is 10.8. The van der Waals surface area contributed by atoms with E-state index in [1.165, 1.54) is 11.1 Å². The summed E-state index contributed by atoms with van der Waals surface area (Å²) in [7, 11) is 0. The molecule has 0 radical (unpaired) electrons. The van der Waals surface area contributed by atoms with Crippen LogP contribution in [-0.2, 0) is 22.4 Å². The lowest BCUT2D eigenvalue weighted by Gasteiger charge is -2.18. The Morgan fingerprint density at radius 3 is 2.45 bits per heavy atom. The average Bonchev–Trinajstić information content (AvgIpc) is 3.23. The van der Waals surface area contributed by atoms with Gasteiger partial charge in [0.25, 0.3) is 0 Å². The molecule has 0 unspecified atom stereocenters. The van der Waals surface area contributed by atoms with Crippen LogP contribution < -0.4 is 0 Å². The molecule has 1 saturated carbocycles. The molecule has 1 aromatic carbocycles. The second-order valence-electron chi connectivity index (χ2n) is 8.59. The molecule has 0 saturated heterocycles. The maximum atomic E-state index is 12.4. The van der Waals surface area contributed by atoms with Crippen molar-refractivity contribution < 1.29 is 19.8 Å². The van der Waals surface area contributed by atoms with Crippen molar-refractivity contribution in [1.29, 1.82) is 0 Å². The Kier molecular flexibility index (Phi) is 7.43. The number of Topliss-reactive ketones (excluding diaryl/α,β-unsaturated/α-hetero) is 1. The molecule has 2 aliphatic rings. The van der Waals surface area contributed by atoms with E-state index in [2.05, 4.69) is 18.7 Å². The van der Waals surface area contributed by atoms with Gasteiger partial charge in [0, 0.05) is 24.7 Å². The van der Waals surface area contributed by atoms with Crippen LogP contribution in [0.4, 0.5) is 0 Å². The lowest BCUT2D eigenvalue weighted by Crippen LogP contribution is -2.19. The van der Waals surface area contributed by atoms with Crippen molar-refractivity contribution in [3.63, 3.8) is 0 Å². The van der Waals surface area contributed by atoms with Crippen LogP contribution in [0.5, 0.6) is 0 Å². The van der Waals surface area contributed by atoms with E-state index in [-0.39, 0.29) is 30.0 Å². The quantitative estimate of drug-likeness (QED) is 0.451. The first-order valence-electron chi connectivity index (χ1n) is 10.8. The fraction of sp³-hybridized carbons (Fsp3) is 0.520. The van der Waals surface area contributed by atoms with Gasteiger partial charge in [-0.15, -0.1) is 0 Å². The van der Waals surface area contributed by atoms with E-state index >= 15 is 0 Å². The Labute approximate surface area is 173 Å². The molecule has 0 bridgehead atoms. The minimum atomic E-state index is -0.749. The number of ketones is 1. The normalized spacial score (nSPS) is 23.1. The van der Waals surface area contributed by atoms with Crippen LogP contribution in [0, 0.1) is 17.8 Å². The maximum absolute atomic E-state index is 12.4. The summed E-state index contributed by atoms with van der Waals surface area (Å²) in [5.74, 6) is -0.341. The monoisotopic (exact) mass is 396 g/mol. The lowest BCUT2D eigenvalue weighted by atomic mass is 9.87. The smallest absolute Gasteiger partial charge is 0.303 e. The molecule has 1 aromatic rings. The summed E-state index contributed by atoms with van der Waals surface area (Å²) < 4.78 is 0. The van der Waals surface area contributed by atoms with E-state index in [1.54, 1.807) is 0 Å². The zero-order chi connectivity index (χ0) is 20.8. The Hall–Kier alpha value is -2.20. The zero-order valence-corrected chi connectivity index (χ0v) is 17.1. The third kappa shape index (κ3) is 5.66. The van der Waals surface area contributed by atoms with E-state index in [0.717, 1.165) is 44.1 Å². The van der Waals surface area contributed by atoms with E-state index in [1.807, 2.05) is 24.3 Å². The van der Waals surface area contributed by atoms with Crippen molar-refractivity contribution in [2.45, 2.75) is 63.9 Å². The predicted molar refractivity (Wildman–Crippen MR) is 114 cm³/mol. The molecule has 4 nitrogen and oxygen atoms in total. The molecule has 0 spiro atoms. The number of fused-ring (bicyclic) bond motifs is 1. The fourth-order valence-electron chi connectivity index (χ4n) is 4.79. The standard InChI is InChI=1S/C25H32O4/c1-17-14-24(27)22(10-4-2-3-5-11-25(28)29)21(17)12-13-23(26)20-15-18-8-6-7-9-19(18)16-20/h6-9,12-13,20-23,26H,1-5,10-11,14-16H2,(H,28,29)/t21-,22+,23+/m0/s1. The summed E-state index contributed by atoms with van der Waals surface area (Å²) in [6.07, 6.45) is 10.1. The number of aliphatic hydroxyl groups excluding tert-OH is 1. The van der Waals surface area contributed by atoms with E-state index in [4.69, 9.17) is 5.11 Å². The third-order valence-electron chi connectivity index (χ3n) is 6.46. The van der Waals surface area contributed by atoms with Crippen LogP contribution in [0.3, 0.4) is 0 Å². The highest BCUT2D eigenvalue weighted by molar-refractivity contribution is 5.87. The number of carbonyl (C=O) groups excluding carboxylic acids is 1. The molecular formula is C25H32O4. The molecule has 0 amide bonds. The highest BCUT2D eigenvalue weighted by Gasteiger charge is 2.35. The lowest BCUT2D eigenvalue weighted by molar-refractivity contribution is -0.137. The summed E-state index contributed by atoms with van der Waals surface area (Å²) in [5.41, 5.74) is 3.60. The SMILES string of the molecule is C=C1CC(=O)[C@H](CCCCCCC(=O)O)[C@H]1C=C[C@@H](O)C1Cc2ccccc2C1. The van der Waals surface area contributed by atoms with E-state index in [0.29, 0.717) is 12.8 Å². The van der Waals surface area contributed by atoms with Crippen LogP contribution in [0.1, 0.15) is 56.1 Å². The molecule has 4 heteroatoms. The van der Waals surface area contributed by atoms with Gasteiger partial charge in [-0.1, -0.05) is 67.8 Å². The number of hydrogen-bond donors (Lipinski definition) is 2. The van der Waals surface area contributed by atoms with Gasteiger partial charge in [-0.05, 0) is 42.7 Å². The molecule has 2 aliphatic carbocycles. The zero-order valence-electron chi connectivity index (χ0n) is 17.1. The number of aliphatic hydroxyl groups is 1. The van der Waals surface area contributed by atoms with Gasteiger partial charge < -0.3 is 10.2 Å². The molecule has 2 N–H and O–H groups in total. The predicted octanol–water partition coefficient (Wildman–Crippen LogP) is 4.51. The second kappa shape index (κ2) is 10.0. The van der Waals surface area contributed by atoms with Crippen molar-refractivity contribution in [2.24, 2.45) is 17.8 Å². The van der Waals surface area contributed by atoms with E-state index in [9.17, 15) is 14.7 Å². The average molecular weight is 397 g/mol. The fourth-order valence-corrected chi connectivity index (χ4v) is 4.79. The highest BCUT2D eigenvalue weighted by atomic mass is 16.4. The van der Waals surface area contributed by atoms with Gasteiger partial charge in [-0.2, -0.15) is 0 Å². The first-order chi connectivity index (χ1) is 14.0.